The predicted octanol–water partition coefficient (Wildman–Crippen LogP) is 3.48. The molecule has 3 heterocycles. The maximum absolute atomic E-state index is 12.9. The molecule has 1 atom stereocenters. The van der Waals surface area contributed by atoms with Gasteiger partial charge < -0.3 is 20.4 Å². The smallest absolute Gasteiger partial charge is 0.372 e. The van der Waals surface area contributed by atoms with E-state index in [1.807, 2.05) is 29.2 Å². The van der Waals surface area contributed by atoms with Crippen molar-refractivity contribution in [3.8, 4) is 0 Å². The summed E-state index contributed by atoms with van der Waals surface area (Å²) >= 11 is 0. The van der Waals surface area contributed by atoms with Crippen LogP contribution in [0.3, 0.4) is 0 Å². The number of nitrogens with one attached hydrogen (secondary N) is 2. The molecule has 188 valence electrons. The van der Waals surface area contributed by atoms with E-state index in [9.17, 15) is 22.8 Å². The number of carbonyl (C=O) groups is 2. The van der Waals surface area contributed by atoms with Crippen LogP contribution >= 0.6 is 0 Å². The molecule has 2 aromatic rings. The van der Waals surface area contributed by atoms with Crippen molar-refractivity contribution < 1.29 is 22.8 Å². The van der Waals surface area contributed by atoms with E-state index in [0.29, 0.717) is 44.0 Å². The first kappa shape index (κ1) is 24.7. The van der Waals surface area contributed by atoms with Crippen molar-refractivity contribution in [2.24, 2.45) is 11.8 Å². The number of rotatable bonds is 6. The second-order valence-corrected chi connectivity index (χ2v) is 9.11. The summed E-state index contributed by atoms with van der Waals surface area (Å²) in [6.45, 7) is 1.44. The highest BCUT2D eigenvalue weighted by molar-refractivity contribution is 5.83. The summed E-state index contributed by atoms with van der Waals surface area (Å²) in [4.78, 5) is 27.5. The number of carbonyl (C=O) groups excluding carboxylic acids is 2. The normalized spacial score (nSPS) is 19.5. The third-order valence-electron chi connectivity index (χ3n) is 6.62. The number of halogens is 3. The monoisotopic (exact) mass is 490 g/mol. The van der Waals surface area contributed by atoms with Crippen molar-refractivity contribution in [2.45, 2.75) is 38.4 Å². The SMILES string of the molecule is CN1CC(C(=O)NCc2ccc(Nc3ccc(N4CCC(C(F)(F)F)CC4)cc3)nn2)CCC1=O. The molecule has 2 aliphatic rings. The maximum Gasteiger partial charge on any atom is 0.391 e. The minimum absolute atomic E-state index is 0.0585. The number of amides is 2. The van der Waals surface area contributed by atoms with Gasteiger partial charge in [0.25, 0.3) is 0 Å². The average Bonchev–Trinajstić information content (AvgIpc) is 2.85. The molecule has 0 aliphatic carbocycles. The summed E-state index contributed by atoms with van der Waals surface area (Å²) in [6.07, 6.45) is -2.96. The van der Waals surface area contributed by atoms with Gasteiger partial charge in [-0.3, -0.25) is 9.59 Å². The minimum atomic E-state index is -4.11. The van der Waals surface area contributed by atoms with Crippen LogP contribution in [-0.4, -0.2) is 59.8 Å². The highest BCUT2D eigenvalue weighted by atomic mass is 19.4. The largest absolute Gasteiger partial charge is 0.391 e. The minimum Gasteiger partial charge on any atom is -0.372 e. The van der Waals surface area contributed by atoms with Crippen molar-refractivity contribution in [2.75, 3.05) is 36.9 Å². The molecule has 2 aliphatic heterocycles. The van der Waals surface area contributed by atoms with E-state index in [-0.39, 0.29) is 37.1 Å². The number of alkyl halides is 3. The zero-order valence-corrected chi connectivity index (χ0v) is 19.5. The van der Waals surface area contributed by atoms with Gasteiger partial charge >= 0.3 is 6.18 Å². The molecular weight excluding hydrogens is 461 g/mol. The summed E-state index contributed by atoms with van der Waals surface area (Å²) in [6, 6.07) is 11.0. The molecular formula is C24H29F3N6O2. The molecule has 2 saturated heterocycles. The lowest BCUT2D eigenvalue weighted by Crippen LogP contribution is -2.43. The van der Waals surface area contributed by atoms with Gasteiger partial charge in [-0.15, -0.1) is 5.10 Å². The Labute approximate surface area is 201 Å². The van der Waals surface area contributed by atoms with Crippen LogP contribution in [0.2, 0.25) is 0 Å². The van der Waals surface area contributed by atoms with Crippen LogP contribution in [0, 0.1) is 11.8 Å². The van der Waals surface area contributed by atoms with Gasteiger partial charge in [-0.1, -0.05) is 0 Å². The lowest BCUT2D eigenvalue weighted by atomic mass is 9.96. The molecule has 1 aromatic carbocycles. The molecule has 0 saturated carbocycles. The first-order valence-corrected chi connectivity index (χ1v) is 11.7. The summed E-state index contributed by atoms with van der Waals surface area (Å²) < 4.78 is 38.6. The fraction of sp³-hybridized carbons (Fsp3) is 0.500. The summed E-state index contributed by atoms with van der Waals surface area (Å²) in [5, 5.41) is 14.3. The molecule has 0 bridgehead atoms. The van der Waals surface area contributed by atoms with Crippen molar-refractivity contribution in [1.82, 2.24) is 20.4 Å². The van der Waals surface area contributed by atoms with Crippen LogP contribution in [0.15, 0.2) is 36.4 Å². The zero-order chi connectivity index (χ0) is 25.0. The quantitative estimate of drug-likeness (QED) is 0.645. The van der Waals surface area contributed by atoms with E-state index >= 15 is 0 Å². The Balaban J connectivity index is 1.24. The van der Waals surface area contributed by atoms with Crippen LogP contribution in [0.1, 0.15) is 31.4 Å². The van der Waals surface area contributed by atoms with Gasteiger partial charge in [0.05, 0.1) is 24.1 Å². The van der Waals surface area contributed by atoms with Crippen molar-refractivity contribution in [1.29, 1.82) is 0 Å². The first-order valence-electron chi connectivity index (χ1n) is 11.7. The average molecular weight is 491 g/mol. The van der Waals surface area contributed by atoms with Crippen LogP contribution in [0.25, 0.3) is 0 Å². The van der Waals surface area contributed by atoms with Crippen molar-refractivity contribution >= 4 is 29.0 Å². The molecule has 35 heavy (non-hydrogen) atoms. The van der Waals surface area contributed by atoms with E-state index in [1.165, 1.54) is 0 Å². The Bertz CT molecular complexity index is 1020. The van der Waals surface area contributed by atoms with Gasteiger partial charge in [-0.2, -0.15) is 18.3 Å². The molecule has 2 amide bonds. The fourth-order valence-corrected chi connectivity index (χ4v) is 4.44. The summed E-state index contributed by atoms with van der Waals surface area (Å²) in [5.41, 5.74) is 2.29. The van der Waals surface area contributed by atoms with E-state index < -0.39 is 12.1 Å². The maximum atomic E-state index is 12.9. The number of likely N-dealkylation sites (tertiary alicyclic amines) is 1. The molecule has 2 N–H and O–H groups in total. The van der Waals surface area contributed by atoms with Crippen molar-refractivity contribution in [3.05, 3.63) is 42.1 Å². The number of aromatic nitrogens is 2. The number of piperidine rings is 2. The molecule has 11 heteroatoms. The van der Waals surface area contributed by atoms with Crippen LogP contribution < -0.4 is 15.5 Å². The Kier molecular flexibility index (Phi) is 7.42. The number of benzene rings is 1. The molecule has 0 spiro atoms. The summed E-state index contributed by atoms with van der Waals surface area (Å²) in [7, 11) is 1.70. The first-order chi connectivity index (χ1) is 16.7. The standard InChI is InChI=1S/C24H29F3N6O2/c1-32-15-16(2-9-22(32)34)23(35)28-14-19-5-8-21(31-30-19)29-18-3-6-20(7-4-18)33-12-10-17(11-13-33)24(25,26)27/h3-8,16-17H,2,9-15H2,1H3,(H,28,35)(H,29,31). The third-order valence-corrected chi connectivity index (χ3v) is 6.62. The number of nitrogens with zero attached hydrogens (tertiary/aromatic N) is 4. The van der Waals surface area contributed by atoms with Crippen molar-refractivity contribution in [3.63, 3.8) is 0 Å². The van der Waals surface area contributed by atoms with Crippen LogP contribution in [0.5, 0.6) is 0 Å². The molecule has 2 fully saturated rings. The van der Waals surface area contributed by atoms with Gasteiger partial charge in [0, 0.05) is 44.5 Å². The Morgan fingerprint density at radius 1 is 1.06 bits per heavy atom. The van der Waals surface area contributed by atoms with Gasteiger partial charge in [0.15, 0.2) is 5.82 Å². The zero-order valence-electron chi connectivity index (χ0n) is 19.5. The Morgan fingerprint density at radius 3 is 2.37 bits per heavy atom. The van der Waals surface area contributed by atoms with Gasteiger partial charge in [-0.25, -0.2) is 0 Å². The topological polar surface area (TPSA) is 90.5 Å². The molecule has 8 nitrogen and oxygen atoms in total. The van der Waals surface area contributed by atoms with Crippen LogP contribution in [-0.2, 0) is 16.1 Å². The van der Waals surface area contributed by atoms with E-state index in [1.54, 1.807) is 24.1 Å². The van der Waals surface area contributed by atoms with Gasteiger partial charge in [0.1, 0.15) is 0 Å². The molecule has 0 radical (unpaired) electrons. The molecule has 1 unspecified atom stereocenters. The number of anilines is 3. The lowest BCUT2D eigenvalue weighted by Gasteiger charge is -2.34. The second kappa shape index (κ2) is 10.5. The molecule has 1 aromatic heterocycles. The summed E-state index contributed by atoms with van der Waals surface area (Å²) in [5.74, 6) is -0.940. The highest BCUT2D eigenvalue weighted by Crippen LogP contribution is 2.35. The Hall–Kier alpha value is -3.37. The lowest BCUT2D eigenvalue weighted by molar-refractivity contribution is -0.179. The number of hydrogen-bond donors (Lipinski definition) is 2. The van der Waals surface area contributed by atoms with Gasteiger partial charge in [0.2, 0.25) is 11.8 Å². The van der Waals surface area contributed by atoms with Crippen LogP contribution in [0.4, 0.5) is 30.4 Å². The van der Waals surface area contributed by atoms with E-state index in [0.717, 1.165) is 11.4 Å². The van der Waals surface area contributed by atoms with E-state index in [4.69, 9.17) is 0 Å². The third kappa shape index (κ3) is 6.40. The predicted molar refractivity (Wildman–Crippen MR) is 125 cm³/mol. The highest BCUT2D eigenvalue weighted by Gasteiger charge is 2.41. The molecule has 4 rings (SSSR count). The fourth-order valence-electron chi connectivity index (χ4n) is 4.44. The Morgan fingerprint density at radius 2 is 1.77 bits per heavy atom. The van der Waals surface area contributed by atoms with Gasteiger partial charge in [-0.05, 0) is 55.7 Å². The second-order valence-electron chi connectivity index (χ2n) is 9.11. The van der Waals surface area contributed by atoms with E-state index in [2.05, 4.69) is 20.8 Å². The number of hydrogen-bond acceptors (Lipinski definition) is 6.